The van der Waals surface area contributed by atoms with Gasteiger partial charge in [-0.25, -0.2) is 4.39 Å². The normalized spacial score (nSPS) is 10.3. The van der Waals surface area contributed by atoms with Gasteiger partial charge in [0, 0.05) is 0 Å². The molecule has 0 spiro atoms. The third kappa shape index (κ3) is 3.81. The molecular weight excluding hydrogens is 191 g/mol. The van der Waals surface area contributed by atoms with Gasteiger partial charge in [0.2, 0.25) is 0 Å². The molecule has 0 radical (unpaired) electrons. The van der Waals surface area contributed by atoms with Crippen LogP contribution in [0.5, 0.6) is 5.75 Å². The highest BCUT2D eigenvalue weighted by Crippen LogP contribution is 2.18. The van der Waals surface area contributed by atoms with E-state index < -0.39 is 5.82 Å². The number of ether oxygens (including phenoxy) is 1. The van der Waals surface area contributed by atoms with E-state index in [0.29, 0.717) is 5.76 Å². The van der Waals surface area contributed by atoms with E-state index in [-0.39, 0.29) is 5.75 Å². The molecule has 0 aliphatic carbocycles. The first-order chi connectivity index (χ1) is 7.09. The lowest BCUT2D eigenvalue weighted by molar-refractivity contribution is 0.414. The van der Waals surface area contributed by atoms with Gasteiger partial charge in [-0.1, -0.05) is 36.9 Å². The molecule has 1 nitrogen and oxygen atoms in total. The van der Waals surface area contributed by atoms with Crippen LogP contribution in [-0.2, 0) is 0 Å². The summed E-state index contributed by atoms with van der Waals surface area (Å²) in [6.07, 6.45) is 3.40. The molecule has 0 amide bonds. The van der Waals surface area contributed by atoms with Crippen molar-refractivity contribution in [3.63, 3.8) is 0 Å². The van der Waals surface area contributed by atoms with Crippen molar-refractivity contribution in [2.24, 2.45) is 0 Å². The third-order valence-corrected chi connectivity index (χ3v) is 1.63. The van der Waals surface area contributed by atoms with E-state index in [1.807, 2.05) is 6.92 Å². The van der Waals surface area contributed by atoms with Gasteiger partial charge in [0.15, 0.2) is 11.6 Å². The van der Waals surface area contributed by atoms with E-state index >= 15 is 0 Å². The van der Waals surface area contributed by atoms with E-state index in [1.165, 1.54) is 6.07 Å². The molecule has 0 atom stereocenters. The smallest absolute Gasteiger partial charge is 0.165 e. The molecule has 0 unspecified atom stereocenters. The fourth-order valence-electron chi connectivity index (χ4n) is 0.938. The molecule has 0 N–H and O–H groups in total. The number of hydrogen-bond donors (Lipinski definition) is 0. The molecule has 0 heterocycles. The van der Waals surface area contributed by atoms with Gasteiger partial charge in [-0.2, -0.15) is 0 Å². The summed E-state index contributed by atoms with van der Waals surface area (Å²) in [7, 11) is 0. The molecule has 0 saturated heterocycles. The zero-order valence-electron chi connectivity index (χ0n) is 8.66. The van der Waals surface area contributed by atoms with E-state index in [1.54, 1.807) is 30.4 Å². The van der Waals surface area contributed by atoms with Crippen molar-refractivity contribution >= 4 is 0 Å². The van der Waals surface area contributed by atoms with Crippen molar-refractivity contribution in [3.8, 4) is 5.75 Å². The lowest BCUT2D eigenvalue weighted by Gasteiger charge is -2.05. The molecule has 0 aliphatic heterocycles. The predicted octanol–water partition coefficient (Wildman–Crippen LogP) is 3.85. The van der Waals surface area contributed by atoms with Crippen LogP contribution in [-0.4, -0.2) is 0 Å². The van der Waals surface area contributed by atoms with Crippen molar-refractivity contribution < 1.29 is 9.13 Å². The van der Waals surface area contributed by atoms with E-state index in [0.717, 1.165) is 5.57 Å². The summed E-state index contributed by atoms with van der Waals surface area (Å²) in [6, 6.07) is 6.20. The van der Waals surface area contributed by atoms with Crippen LogP contribution in [0.3, 0.4) is 0 Å². The summed E-state index contributed by atoms with van der Waals surface area (Å²) in [5.74, 6) is 0.152. The second-order valence-corrected chi connectivity index (χ2v) is 3.18. The van der Waals surface area contributed by atoms with Crippen LogP contribution in [0.4, 0.5) is 4.39 Å². The monoisotopic (exact) mass is 204 g/mol. The molecule has 0 aliphatic rings. The third-order valence-electron chi connectivity index (χ3n) is 1.63. The Morgan fingerprint density at radius 1 is 1.27 bits per heavy atom. The summed E-state index contributed by atoms with van der Waals surface area (Å²) in [6.45, 7) is 9.19. The summed E-state index contributed by atoms with van der Waals surface area (Å²) in [4.78, 5) is 0. The number of halogens is 1. The highest BCUT2D eigenvalue weighted by Gasteiger charge is 2.01. The zero-order valence-corrected chi connectivity index (χ0v) is 8.66. The minimum absolute atomic E-state index is 0.175. The van der Waals surface area contributed by atoms with Crippen LogP contribution < -0.4 is 4.74 Å². The maximum atomic E-state index is 13.1. The molecule has 78 valence electrons. The molecule has 1 rings (SSSR count). The predicted molar refractivity (Wildman–Crippen MR) is 60.1 cm³/mol. The number of benzene rings is 1. The van der Waals surface area contributed by atoms with Crippen molar-refractivity contribution in [3.05, 3.63) is 66.7 Å². The standard InChI is InChI=1S/C13H13FO/c1-10(2)8-9-11(3)15-13-7-5-4-6-12(13)14/h4-9H,1,3H2,2H3/b9-8-. The Hall–Kier alpha value is -1.83. The minimum Gasteiger partial charge on any atom is -0.455 e. The molecule has 0 bridgehead atoms. The maximum Gasteiger partial charge on any atom is 0.165 e. The van der Waals surface area contributed by atoms with Gasteiger partial charge in [0.25, 0.3) is 0 Å². The topological polar surface area (TPSA) is 9.23 Å². The average molecular weight is 204 g/mol. The molecule has 1 aromatic carbocycles. The van der Waals surface area contributed by atoms with Gasteiger partial charge in [0.05, 0.1) is 0 Å². The van der Waals surface area contributed by atoms with Crippen LogP contribution in [0.2, 0.25) is 0 Å². The van der Waals surface area contributed by atoms with Gasteiger partial charge >= 0.3 is 0 Å². The highest BCUT2D eigenvalue weighted by atomic mass is 19.1. The Labute approximate surface area is 89.2 Å². The zero-order chi connectivity index (χ0) is 11.3. The summed E-state index contributed by atoms with van der Waals surface area (Å²) in [5, 5.41) is 0. The molecule has 0 saturated carbocycles. The van der Waals surface area contributed by atoms with Crippen LogP contribution in [0.15, 0.2) is 60.9 Å². The minimum atomic E-state index is -0.401. The maximum absolute atomic E-state index is 13.1. The van der Waals surface area contributed by atoms with Gasteiger partial charge in [-0.15, -0.1) is 0 Å². The van der Waals surface area contributed by atoms with Gasteiger partial charge in [0.1, 0.15) is 5.76 Å². The largest absolute Gasteiger partial charge is 0.455 e. The van der Waals surface area contributed by atoms with E-state index in [9.17, 15) is 4.39 Å². The van der Waals surface area contributed by atoms with Gasteiger partial charge in [-0.05, 0) is 25.1 Å². The Morgan fingerprint density at radius 3 is 2.53 bits per heavy atom. The van der Waals surface area contributed by atoms with Crippen LogP contribution in [0.1, 0.15) is 6.92 Å². The van der Waals surface area contributed by atoms with Crippen molar-refractivity contribution in [1.82, 2.24) is 0 Å². The second-order valence-electron chi connectivity index (χ2n) is 3.18. The number of rotatable bonds is 4. The summed E-state index contributed by atoms with van der Waals surface area (Å²) in [5.41, 5.74) is 0.883. The molecule has 2 heteroatoms. The number of para-hydroxylation sites is 1. The lowest BCUT2D eigenvalue weighted by atomic mass is 10.3. The van der Waals surface area contributed by atoms with E-state index in [4.69, 9.17) is 4.74 Å². The van der Waals surface area contributed by atoms with Gasteiger partial charge in [-0.3, -0.25) is 0 Å². The Morgan fingerprint density at radius 2 is 1.93 bits per heavy atom. The van der Waals surface area contributed by atoms with Crippen molar-refractivity contribution in [1.29, 1.82) is 0 Å². The van der Waals surface area contributed by atoms with Crippen LogP contribution in [0.25, 0.3) is 0 Å². The molecule has 15 heavy (non-hydrogen) atoms. The first kappa shape index (κ1) is 11.2. The van der Waals surface area contributed by atoms with Crippen molar-refractivity contribution in [2.45, 2.75) is 6.92 Å². The molecule has 0 fully saturated rings. The summed E-state index contributed by atoms with van der Waals surface area (Å²) < 4.78 is 18.3. The molecule has 0 aromatic heterocycles. The Balaban J connectivity index is 2.67. The first-order valence-electron chi connectivity index (χ1n) is 4.54. The Bertz CT molecular complexity index is 405. The van der Waals surface area contributed by atoms with Crippen molar-refractivity contribution in [2.75, 3.05) is 0 Å². The second kappa shape index (κ2) is 5.15. The quantitative estimate of drug-likeness (QED) is 0.534. The Kier molecular flexibility index (Phi) is 3.86. The SMILES string of the molecule is C=C(C)/C=C\C(=C)Oc1ccccc1F. The van der Waals surface area contributed by atoms with Crippen LogP contribution >= 0.6 is 0 Å². The number of allylic oxidation sites excluding steroid dienone is 3. The highest BCUT2D eigenvalue weighted by molar-refractivity contribution is 5.28. The average Bonchev–Trinajstić information content (AvgIpc) is 2.18. The summed E-state index contributed by atoms with van der Waals surface area (Å²) >= 11 is 0. The fraction of sp³-hybridized carbons (Fsp3) is 0.0769. The molecule has 1 aromatic rings. The lowest BCUT2D eigenvalue weighted by Crippen LogP contribution is -1.92. The fourth-order valence-corrected chi connectivity index (χ4v) is 0.938. The van der Waals surface area contributed by atoms with E-state index in [2.05, 4.69) is 13.2 Å². The molecular formula is C13H13FO. The number of hydrogen-bond acceptors (Lipinski definition) is 1. The first-order valence-corrected chi connectivity index (χ1v) is 4.54. The van der Waals surface area contributed by atoms with Crippen LogP contribution in [0, 0.1) is 5.82 Å². The van der Waals surface area contributed by atoms with Gasteiger partial charge < -0.3 is 4.74 Å².